The van der Waals surface area contributed by atoms with Crippen molar-refractivity contribution in [2.75, 3.05) is 5.32 Å². The summed E-state index contributed by atoms with van der Waals surface area (Å²) in [6, 6.07) is 5.07. The van der Waals surface area contributed by atoms with Crippen LogP contribution in [-0.4, -0.2) is 33.5 Å². The molecule has 0 aliphatic rings. The van der Waals surface area contributed by atoms with Crippen LogP contribution in [0.25, 0.3) is 10.8 Å². The first-order chi connectivity index (χ1) is 12.3. The molecule has 2 heterocycles. The lowest BCUT2D eigenvalue weighted by Crippen LogP contribution is -2.31. The second-order valence-corrected chi connectivity index (χ2v) is 6.44. The minimum atomic E-state index is -0.423. The summed E-state index contributed by atoms with van der Waals surface area (Å²) in [7, 11) is 5.84. The second-order valence-electron chi connectivity index (χ2n) is 6.44. The number of nitrogens with one attached hydrogen (secondary N) is 1. The van der Waals surface area contributed by atoms with E-state index in [1.165, 1.54) is 0 Å². The first-order valence-electron chi connectivity index (χ1n) is 8.24. The van der Waals surface area contributed by atoms with Gasteiger partial charge in [-0.15, -0.1) is 0 Å². The summed E-state index contributed by atoms with van der Waals surface area (Å²) in [5.74, 6) is -0.172. The summed E-state index contributed by atoms with van der Waals surface area (Å²) in [5.41, 5.74) is 1.82. The molecule has 2 aromatic heterocycles. The van der Waals surface area contributed by atoms with Crippen LogP contribution in [0, 0.1) is 6.92 Å². The molecule has 0 spiro atoms. The van der Waals surface area contributed by atoms with Crippen LogP contribution in [0.15, 0.2) is 35.4 Å². The highest BCUT2D eigenvalue weighted by Crippen LogP contribution is 2.19. The number of benzene rings is 1. The largest absolute Gasteiger partial charge is 0.293 e. The maximum Gasteiger partial charge on any atom is 0.275 e. The van der Waals surface area contributed by atoms with Crippen molar-refractivity contribution in [2.24, 2.45) is 0 Å². The van der Waals surface area contributed by atoms with Crippen LogP contribution in [0.2, 0.25) is 0 Å². The molecule has 0 saturated heterocycles. The predicted octanol–water partition coefficient (Wildman–Crippen LogP) is 1.05. The fraction of sp³-hybridized carbons (Fsp3) is 0.278. The number of rotatable bonds is 4. The van der Waals surface area contributed by atoms with Gasteiger partial charge in [-0.25, -0.2) is 14.6 Å². The normalized spacial score (nSPS) is 11.1. The molecule has 0 bridgehead atoms. The number of anilines is 1. The Morgan fingerprint density at radius 3 is 2.58 bits per heavy atom. The Morgan fingerprint density at radius 1 is 1.23 bits per heavy atom. The Labute approximate surface area is 151 Å². The molecule has 1 N–H and O–H groups in total. The van der Waals surface area contributed by atoms with Crippen LogP contribution >= 0.6 is 0 Å². The van der Waals surface area contributed by atoms with Crippen molar-refractivity contribution in [2.45, 2.75) is 33.2 Å². The third-order valence-electron chi connectivity index (χ3n) is 3.89. The summed E-state index contributed by atoms with van der Waals surface area (Å²) in [6.45, 7) is 5.57. The monoisotopic (exact) mass is 347 g/mol. The molecule has 0 aliphatic carbocycles. The zero-order chi connectivity index (χ0) is 18.8. The number of hydrogen-bond donors (Lipinski definition) is 1. The summed E-state index contributed by atoms with van der Waals surface area (Å²) >= 11 is 0. The second kappa shape index (κ2) is 7.07. The molecule has 0 atom stereocenters. The van der Waals surface area contributed by atoms with Gasteiger partial charge in [-0.3, -0.25) is 14.9 Å². The lowest BCUT2D eigenvalue weighted by atomic mass is 9.92. The lowest BCUT2D eigenvalue weighted by molar-refractivity contribution is -0.117. The molecule has 0 aliphatic heterocycles. The number of fused-ring (bicyclic) bond motifs is 1. The molecule has 3 rings (SSSR count). The minimum absolute atomic E-state index is 0.0645. The van der Waals surface area contributed by atoms with Gasteiger partial charge in [0, 0.05) is 17.8 Å². The van der Waals surface area contributed by atoms with Gasteiger partial charge >= 0.3 is 0 Å². The summed E-state index contributed by atoms with van der Waals surface area (Å²) in [5, 5.41) is 8.15. The minimum Gasteiger partial charge on any atom is -0.293 e. The first kappa shape index (κ1) is 17.8. The van der Waals surface area contributed by atoms with Gasteiger partial charge in [0.1, 0.15) is 14.4 Å². The van der Waals surface area contributed by atoms with E-state index in [4.69, 9.17) is 7.85 Å². The third-order valence-corrected chi connectivity index (χ3v) is 3.89. The smallest absolute Gasteiger partial charge is 0.275 e. The van der Waals surface area contributed by atoms with Gasteiger partial charge in [0.15, 0.2) is 0 Å². The van der Waals surface area contributed by atoms with E-state index in [0.29, 0.717) is 21.9 Å². The molecule has 8 heteroatoms. The Bertz CT molecular complexity index is 1030. The van der Waals surface area contributed by atoms with E-state index in [0.717, 1.165) is 10.2 Å². The van der Waals surface area contributed by atoms with E-state index in [1.54, 1.807) is 30.6 Å². The topological polar surface area (TPSA) is 89.8 Å². The average Bonchev–Trinajstić information content (AvgIpc) is 2.59. The molecule has 130 valence electrons. The lowest BCUT2D eigenvalue weighted by Gasteiger charge is -2.13. The molecular formula is C18H18BN5O2. The molecule has 26 heavy (non-hydrogen) atoms. The fourth-order valence-electron chi connectivity index (χ4n) is 2.62. The fourth-order valence-corrected chi connectivity index (χ4v) is 2.62. The summed E-state index contributed by atoms with van der Waals surface area (Å²) < 4.78 is 1.16. The van der Waals surface area contributed by atoms with E-state index in [1.807, 2.05) is 20.8 Å². The van der Waals surface area contributed by atoms with Crippen molar-refractivity contribution in [3.05, 3.63) is 52.2 Å². The molecule has 1 aromatic carbocycles. The van der Waals surface area contributed by atoms with Gasteiger partial charge in [-0.1, -0.05) is 31.4 Å². The molecule has 0 fully saturated rings. The SMILES string of the molecule is [B]c1ccc2c(=O)n(CC(=O)Nc3ncc(C)cn3)nc(C(C)C)c2c1. The molecule has 7 nitrogen and oxygen atoms in total. The van der Waals surface area contributed by atoms with Crippen LogP contribution in [0.3, 0.4) is 0 Å². The van der Waals surface area contributed by atoms with Crippen LogP contribution in [0.1, 0.15) is 31.0 Å². The Morgan fingerprint density at radius 2 is 1.92 bits per heavy atom. The highest BCUT2D eigenvalue weighted by molar-refractivity contribution is 6.33. The van der Waals surface area contributed by atoms with Gasteiger partial charge in [-0.05, 0) is 24.5 Å². The number of aromatic nitrogens is 4. The van der Waals surface area contributed by atoms with Crippen molar-refractivity contribution >= 4 is 35.9 Å². The number of carbonyl (C=O) groups is 1. The zero-order valence-electron chi connectivity index (χ0n) is 14.9. The van der Waals surface area contributed by atoms with Crippen molar-refractivity contribution in [3.8, 4) is 0 Å². The van der Waals surface area contributed by atoms with E-state index >= 15 is 0 Å². The van der Waals surface area contributed by atoms with Crippen LogP contribution in [0.4, 0.5) is 5.95 Å². The quantitative estimate of drug-likeness (QED) is 0.713. The highest BCUT2D eigenvalue weighted by Gasteiger charge is 2.15. The Hall–Kier alpha value is -3.03. The van der Waals surface area contributed by atoms with Gasteiger partial charge in [0.2, 0.25) is 11.9 Å². The zero-order valence-corrected chi connectivity index (χ0v) is 14.9. The standard InChI is InChI=1S/C18H18BN5O2/c1-10(2)16-14-6-12(19)4-5-13(14)17(26)24(23-16)9-15(25)22-18-20-7-11(3)8-21-18/h4-8,10H,9H2,1-3H3,(H,20,21,22,25). The number of hydrogen-bond acceptors (Lipinski definition) is 5. The summed E-state index contributed by atoms with van der Waals surface area (Å²) in [4.78, 5) is 33.0. The average molecular weight is 347 g/mol. The first-order valence-corrected chi connectivity index (χ1v) is 8.24. The van der Waals surface area contributed by atoms with E-state index in [-0.39, 0.29) is 24.0 Å². The third kappa shape index (κ3) is 3.64. The molecular weight excluding hydrogens is 329 g/mol. The van der Waals surface area contributed by atoms with E-state index < -0.39 is 5.91 Å². The molecule has 3 aromatic rings. The van der Waals surface area contributed by atoms with Crippen LogP contribution in [-0.2, 0) is 11.3 Å². The summed E-state index contributed by atoms with van der Waals surface area (Å²) in [6.07, 6.45) is 3.20. The Balaban J connectivity index is 1.95. The van der Waals surface area contributed by atoms with Crippen molar-refractivity contribution in [1.29, 1.82) is 0 Å². The number of amides is 1. The molecule has 1 amide bonds. The van der Waals surface area contributed by atoms with Crippen molar-refractivity contribution in [1.82, 2.24) is 19.7 Å². The number of nitrogens with zero attached hydrogens (tertiary/aromatic N) is 4. The van der Waals surface area contributed by atoms with Gasteiger partial charge in [0.05, 0.1) is 11.1 Å². The van der Waals surface area contributed by atoms with Crippen LogP contribution < -0.4 is 16.3 Å². The van der Waals surface area contributed by atoms with Gasteiger partial charge in [-0.2, -0.15) is 5.10 Å². The molecule has 0 unspecified atom stereocenters. The maximum absolute atomic E-state index is 12.7. The van der Waals surface area contributed by atoms with Crippen molar-refractivity contribution < 1.29 is 4.79 Å². The Kier molecular flexibility index (Phi) is 4.84. The van der Waals surface area contributed by atoms with E-state index in [2.05, 4.69) is 20.4 Å². The maximum atomic E-state index is 12.7. The number of carbonyl (C=O) groups excluding carboxylic acids is 1. The van der Waals surface area contributed by atoms with Gasteiger partial charge in [0.25, 0.3) is 5.56 Å². The molecule has 0 saturated carbocycles. The van der Waals surface area contributed by atoms with Crippen molar-refractivity contribution in [3.63, 3.8) is 0 Å². The highest BCUT2D eigenvalue weighted by atomic mass is 16.2. The number of aryl methyl sites for hydroxylation is 1. The molecule has 2 radical (unpaired) electrons. The van der Waals surface area contributed by atoms with Crippen LogP contribution in [0.5, 0.6) is 0 Å². The van der Waals surface area contributed by atoms with Gasteiger partial charge < -0.3 is 0 Å². The van der Waals surface area contributed by atoms with E-state index in [9.17, 15) is 9.59 Å². The predicted molar refractivity (Wildman–Crippen MR) is 101 cm³/mol.